The summed E-state index contributed by atoms with van der Waals surface area (Å²) in [6, 6.07) is 1.51. The summed E-state index contributed by atoms with van der Waals surface area (Å²) in [5.41, 5.74) is 0.619. The van der Waals surface area contributed by atoms with Crippen LogP contribution in [0.1, 0.15) is 44.3 Å². The van der Waals surface area contributed by atoms with Gasteiger partial charge in [-0.05, 0) is 20.4 Å². The number of hydrogen-bond donors (Lipinski definition) is 2. The Kier molecular flexibility index (Phi) is 5.86. The number of nitrogens with zero attached hydrogens (tertiary/aromatic N) is 1. The number of ether oxygens (including phenoxy) is 1. The molecule has 1 unspecified atom stereocenters. The average Bonchev–Trinajstić information content (AvgIpc) is 2.28. The van der Waals surface area contributed by atoms with E-state index in [0.29, 0.717) is 19.0 Å². The van der Waals surface area contributed by atoms with Gasteiger partial charge in [0.15, 0.2) is 0 Å². The predicted molar refractivity (Wildman–Crippen MR) is 66.9 cm³/mol. The number of hydrogen-bond acceptors (Lipinski definition) is 4. The highest BCUT2D eigenvalue weighted by molar-refractivity contribution is 5.04. The minimum atomic E-state index is -0.124. The van der Waals surface area contributed by atoms with Crippen LogP contribution >= 0.6 is 0 Å². The Hall–Kier alpha value is -1.20. The van der Waals surface area contributed by atoms with Crippen LogP contribution in [0.3, 0.4) is 0 Å². The van der Waals surface area contributed by atoms with E-state index in [9.17, 15) is 4.79 Å². The van der Waals surface area contributed by atoms with Crippen molar-refractivity contribution in [1.82, 2.24) is 15.3 Å². The minimum absolute atomic E-state index is 0.116. The Morgan fingerprint density at radius 3 is 2.88 bits per heavy atom. The van der Waals surface area contributed by atoms with Crippen molar-refractivity contribution < 1.29 is 4.74 Å². The largest absolute Gasteiger partial charge is 0.371 e. The summed E-state index contributed by atoms with van der Waals surface area (Å²) in [5.74, 6) is 0.631. The molecule has 0 aliphatic rings. The van der Waals surface area contributed by atoms with Gasteiger partial charge in [0.1, 0.15) is 11.9 Å². The van der Waals surface area contributed by atoms with Crippen LogP contribution in [0.5, 0.6) is 0 Å². The zero-order chi connectivity index (χ0) is 12.7. The van der Waals surface area contributed by atoms with Gasteiger partial charge in [0.05, 0.1) is 5.69 Å². The summed E-state index contributed by atoms with van der Waals surface area (Å²) in [6.07, 6.45) is 1.74. The summed E-state index contributed by atoms with van der Waals surface area (Å²) in [6.45, 7) is 5.23. The van der Waals surface area contributed by atoms with Crippen molar-refractivity contribution >= 4 is 0 Å². The van der Waals surface area contributed by atoms with Gasteiger partial charge in [0.2, 0.25) is 0 Å². The maximum absolute atomic E-state index is 11.5. The van der Waals surface area contributed by atoms with Gasteiger partial charge in [-0.15, -0.1) is 0 Å². The Bertz CT molecular complexity index is 384. The summed E-state index contributed by atoms with van der Waals surface area (Å²) in [5, 5.41) is 2.99. The molecule has 0 saturated carbocycles. The lowest BCUT2D eigenvalue weighted by atomic mass is 10.2. The molecule has 0 saturated heterocycles. The van der Waals surface area contributed by atoms with Gasteiger partial charge in [0.25, 0.3) is 5.56 Å². The Labute approximate surface area is 102 Å². The van der Waals surface area contributed by atoms with E-state index in [1.165, 1.54) is 6.07 Å². The Morgan fingerprint density at radius 2 is 2.29 bits per heavy atom. The van der Waals surface area contributed by atoms with E-state index < -0.39 is 0 Å². The molecule has 0 aliphatic carbocycles. The topological polar surface area (TPSA) is 67.0 Å². The normalized spacial score (nSPS) is 12.6. The lowest BCUT2D eigenvalue weighted by molar-refractivity contribution is 0.0490. The monoisotopic (exact) mass is 239 g/mol. The quantitative estimate of drug-likeness (QED) is 0.754. The van der Waals surface area contributed by atoms with Gasteiger partial charge < -0.3 is 15.0 Å². The lowest BCUT2D eigenvalue weighted by Crippen LogP contribution is -2.19. The van der Waals surface area contributed by atoms with E-state index in [1.54, 1.807) is 0 Å². The molecule has 2 N–H and O–H groups in total. The van der Waals surface area contributed by atoms with Gasteiger partial charge in [0, 0.05) is 19.2 Å². The molecule has 1 atom stereocenters. The molecule has 0 bridgehead atoms. The fourth-order valence-corrected chi connectivity index (χ4v) is 1.72. The third kappa shape index (κ3) is 4.28. The van der Waals surface area contributed by atoms with Crippen molar-refractivity contribution in [2.75, 3.05) is 13.7 Å². The molecule has 0 amide bonds. The lowest BCUT2D eigenvalue weighted by Gasteiger charge is -2.15. The average molecular weight is 239 g/mol. The third-order valence-corrected chi connectivity index (χ3v) is 2.39. The maximum atomic E-state index is 11.5. The zero-order valence-corrected chi connectivity index (χ0v) is 10.7. The highest BCUT2D eigenvalue weighted by atomic mass is 16.5. The molecule has 1 aromatic heterocycles. The fourth-order valence-electron chi connectivity index (χ4n) is 1.72. The summed E-state index contributed by atoms with van der Waals surface area (Å²) >= 11 is 0. The van der Waals surface area contributed by atoms with Crippen LogP contribution in [0.2, 0.25) is 0 Å². The van der Waals surface area contributed by atoms with Gasteiger partial charge in [-0.25, -0.2) is 4.98 Å². The van der Waals surface area contributed by atoms with Crippen molar-refractivity contribution in [2.45, 2.75) is 39.3 Å². The molecule has 96 valence electrons. The first-order valence-electron chi connectivity index (χ1n) is 6.07. The van der Waals surface area contributed by atoms with E-state index in [1.807, 2.05) is 14.0 Å². The summed E-state index contributed by atoms with van der Waals surface area (Å²) < 4.78 is 5.60. The molecule has 0 spiro atoms. The molecular formula is C12H21N3O2. The molecule has 0 fully saturated rings. The second kappa shape index (κ2) is 7.19. The van der Waals surface area contributed by atoms with E-state index in [0.717, 1.165) is 18.5 Å². The Morgan fingerprint density at radius 1 is 1.53 bits per heavy atom. The first-order valence-corrected chi connectivity index (χ1v) is 6.07. The van der Waals surface area contributed by atoms with Gasteiger partial charge in [-0.1, -0.05) is 13.3 Å². The number of rotatable bonds is 7. The van der Waals surface area contributed by atoms with E-state index in [2.05, 4.69) is 22.2 Å². The van der Waals surface area contributed by atoms with E-state index >= 15 is 0 Å². The van der Waals surface area contributed by atoms with E-state index in [4.69, 9.17) is 4.74 Å². The second-order valence-electron chi connectivity index (χ2n) is 3.88. The van der Waals surface area contributed by atoms with Crippen LogP contribution < -0.4 is 10.9 Å². The van der Waals surface area contributed by atoms with Crippen molar-refractivity contribution in [2.24, 2.45) is 0 Å². The van der Waals surface area contributed by atoms with Crippen LogP contribution in [-0.2, 0) is 11.3 Å². The van der Waals surface area contributed by atoms with Crippen molar-refractivity contribution in [3.05, 3.63) is 27.9 Å². The molecule has 5 nitrogen and oxygen atoms in total. The first-order chi connectivity index (χ1) is 8.21. The predicted octanol–water partition coefficient (Wildman–Crippen LogP) is 1.37. The van der Waals surface area contributed by atoms with E-state index in [-0.39, 0.29) is 11.7 Å². The molecule has 1 aromatic rings. The van der Waals surface area contributed by atoms with Crippen molar-refractivity contribution in [3.8, 4) is 0 Å². The molecular weight excluding hydrogens is 218 g/mol. The number of aromatic nitrogens is 2. The van der Waals surface area contributed by atoms with Crippen LogP contribution in [0.15, 0.2) is 10.9 Å². The zero-order valence-electron chi connectivity index (χ0n) is 10.7. The van der Waals surface area contributed by atoms with Gasteiger partial charge >= 0.3 is 0 Å². The molecule has 0 aromatic carbocycles. The van der Waals surface area contributed by atoms with Crippen LogP contribution in [0.25, 0.3) is 0 Å². The number of aromatic amines is 1. The van der Waals surface area contributed by atoms with Crippen molar-refractivity contribution in [1.29, 1.82) is 0 Å². The molecule has 17 heavy (non-hydrogen) atoms. The third-order valence-electron chi connectivity index (χ3n) is 2.39. The minimum Gasteiger partial charge on any atom is -0.371 e. The Balaban J connectivity index is 2.96. The summed E-state index contributed by atoms with van der Waals surface area (Å²) in [4.78, 5) is 18.7. The van der Waals surface area contributed by atoms with Crippen LogP contribution in [0.4, 0.5) is 0 Å². The van der Waals surface area contributed by atoms with Gasteiger partial charge in [-0.3, -0.25) is 4.79 Å². The van der Waals surface area contributed by atoms with Crippen LogP contribution in [-0.4, -0.2) is 23.6 Å². The summed E-state index contributed by atoms with van der Waals surface area (Å²) in [7, 11) is 1.83. The molecule has 1 rings (SSSR count). The first kappa shape index (κ1) is 13.9. The smallest absolute Gasteiger partial charge is 0.251 e. The molecule has 5 heteroatoms. The van der Waals surface area contributed by atoms with Gasteiger partial charge in [-0.2, -0.15) is 0 Å². The fraction of sp³-hybridized carbons (Fsp3) is 0.667. The second-order valence-corrected chi connectivity index (χ2v) is 3.88. The SMILES string of the molecule is CCCC(OCC)c1nc(CNC)cc(=O)[nH]1. The molecule has 0 radical (unpaired) electrons. The highest BCUT2D eigenvalue weighted by Gasteiger charge is 2.14. The molecule has 1 heterocycles. The standard InChI is InChI=1S/C12H21N3O2/c1-4-6-10(17-5-2)12-14-9(8-13-3)7-11(16)15-12/h7,10,13H,4-6,8H2,1-3H3,(H,14,15,16). The van der Waals surface area contributed by atoms with Crippen LogP contribution in [0, 0.1) is 0 Å². The number of nitrogens with one attached hydrogen (secondary N) is 2. The molecule has 0 aliphatic heterocycles. The number of H-pyrrole nitrogens is 1. The maximum Gasteiger partial charge on any atom is 0.251 e. The highest BCUT2D eigenvalue weighted by Crippen LogP contribution is 2.18. The van der Waals surface area contributed by atoms with Crippen molar-refractivity contribution in [3.63, 3.8) is 0 Å².